The van der Waals surface area contributed by atoms with E-state index in [1.54, 1.807) is 21.3 Å². The van der Waals surface area contributed by atoms with Crippen LogP contribution >= 0.6 is 0 Å². The van der Waals surface area contributed by atoms with Gasteiger partial charge in [-0.3, -0.25) is 0 Å². The monoisotopic (exact) mass is 404 g/mol. The summed E-state index contributed by atoms with van der Waals surface area (Å²) in [5, 5.41) is 0.0366. The Kier molecular flexibility index (Phi) is 8.65. The van der Waals surface area contributed by atoms with E-state index in [2.05, 4.69) is 46.4 Å². The summed E-state index contributed by atoms with van der Waals surface area (Å²) in [7, 11) is 2.73. The van der Waals surface area contributed by atoms with Crippen molar-refractivity contribution in [3.05, 3.63) is 29.8 Å². The standard InChI is InChI=1S/C23H36O4Si/c1-11-13-14-15-17-16-19(24-6)21(25-7)22(26-8)20(17)18(12-2)27-28(9,10)23(3,4)5/h2,11,16,18H,1,13-15H2,3-10H3. The first-order chi connectivity index (χ1) is 13.1. The minimum Gasteiger partial charge on any atom is -0.493 e. The number of hydrogen-bond acceptors (Lipinski definition) is 4. The fraction of sp³-hybridized carbons (Fsp3) is 0.565. The van der Waals surface area contributed by atoms with E-state index < -0.39 is 14.4 Å². The molecule has 4 nitrogen and oxygen atoms in total. The average molecular weight is 405 g/mol. The van der Waals surface area contributed by atoms with Crippen molar-refractivity contribution in [2.45, 2.75) is 64.3 Å². The molecule has 0 aliphatic rings. The Morgan fingerprint density at radius 3 is 2.18 bits per heavy atom. The Morgan fingerprint density at radius 1 is 1.14 bits per heavy atom. The normalized spacial score (nSPS) is 12.8. The molecule has 0 aliphatic heterocycles. The highest BCUT2D eigenvalue weighted by molar-refractivity contribution is 6.74. The topological polar surface area (TPSA) is 36.9 Å². The average Bonchev–Trinajstić information content (AvgIpc) is 2.64. The first-order valence-electron chi connectivity index (χ1n) is 9.64. The summed E-state index contributed by atoms with van der Waals surface area (Å²) >= 11 is 0. The molecule has 0 amide bonds. The molecule has 0 aromatic heterocycles. The first-order valence-corrected chi connectivity index (χ1v) is 12.5. The van der Waals surface area contributed by atoms with Gasteiger partial charge in [0.05, 0.1) is 21.3 Å². The minimum absolute atomic E-state index is 0.0366. The zero-order chi connectivity index (χ0) is 21.5. The maximum Gasteiger partial charge on any atom is 0.203 e. The van der Waals surface area contributed by atoms with Crippen molar-refractivity contribution < 1.29 is 18.6 Å². The zero-order valence-corrected chi connectivity index (χ0v) is 19.8. The highest BCUT2D eigenvalue weighted by Gasteiger charge is 2.40. The number of benzene rings is 1. The van der Waals surface area contributed by atoms with E-state index in [-0.39, 0.29) is 5.04 Å². The quantitative estimate of drug-likeness (QED) is 0.210. The maximum absolute atomic E-state index is 6.61. The number of allylic oxidation sites excluding steroid dienone is 1. The molecular formula is C23H36O4Si. The molecule has 1 rings (SSSR count). The lowest BCUT2D eigenvalue weighted by Gasteiger charge is -2.38. The third-order valence-corrected chi connectivity index (χ3v) is 9.88. The lowest BCUT2D eigenvalue weighted by molar-refractivity contribution is 0.228. The SMILES string of the molecule is C#CC(O[Si](C)(C)C(C)(C)C)c1c(CCCC=C)cc(OC)c(OC)c1OC. The van der Waals surface area contributed by atoms with Crippen LogP contribution in [0.5, 0.6) is 17.2 Å². The van der Waals surface area contributed by atoms with Crippen molar-refractivity contribution in [2.75, 3.05) is 21.3 Å². The second kappa shape index (κ2) is 10.0. The van der Waals surface area contributed by atoms with Gasteiger partial charge in [0.15, 0.2) is 19.8 Å². The van der Waals surface area contributed by atoms with Gasteiger partial charge in [0, 0.05) is 5.56 Å². The molecule has 0 saturated carbocycles. The van der Waals surface area contributed by atoms with Crippen LogP contribution in [-0.4, -0.2) is 29.6 Å². The highest BCUT2D eigenvalue weighted by atomic mass is 28.4. The number of ether oxygens (including phenoxy) is 3. The largest absolute Gasteiger partial charge is 0.493 e. The van der Waals surface area contributed by atoms with E-state index >= 15 is 0 Å². The summed E-state index contributed by atoms with van der Waals surface area (Å²) < 4.78 is 23.5. The van der Waals surface area contributed by atoms with Crippen molar-refractivity contribution in [2.24, 2.45) is 0 Å². The van der Waals surface area contributed by atoms with Gasteiger partial charge in [0.1, 0.15) is 6.10 Å². The van der Waals surface area contributed by atoms with Gasteiger partial charge in [-0.05, 0) is 49.0 Å². The van der Waals surface area contributed by atoms with Crippen LogP contribution in [0.4, 0.5) is 0 Å². The van der Waals surface area contributed by atoms with Crippen molar-refractivity contribution in [1.29, 1.82) is 0 Å². The summed E-state index contributed by atoms with van der Waals surface area (Å²) in [6.45, 7) is 14.8. The van der Waals surface area contributed by atoms with Gasteiger partial charge in [-0.15, -0.1) is 13.0 Å². The first kappa shape index (κ1) is 24.1. The molecule has 1 unspecified atom stereocenters. The lowest BCUT2D eigenvalue weighted by Crippen LogP contribution is -2.41. The van der Waals surface area contributed by atoms with Gasteiger partial charge >= 0.3 is 0 Å². The maximum atomic E-state index is 6.61. The summed E-state index contributed by atoms with van der Waals surface area (Å²) in [5.41, 5.74) is 1.91. The molecule has 0 heterocycles. The molecule has 0 bridgehead atoms. The van der Waals surface area contributed by atoms with E-state index in [1.165, 1.54) is 0 Å². The molecule has 28 heavy (non-hydrogen) atoms. The van der Waals surface area contributed by atoms with Crippen LogP contribution in [0.3, 0.4) is 0 Å². The van der Waals surface area contributed by atoms with Crippen LogP contribution in [0.15, 0.2) is 18.7 Å². The van der Waals surface area contributed by atoms with E-state index in [9.17, 15) is 0 Å². The van der Waals surface area contributed by atoms with Gasteiger partial charge in [-0.25, -0.2) is 0 Å². The van der Waals surface area contributed by atoms with Crippen molar-refractivity contribution in [3.8, 4) is 29.6 Å². The second-order valence-corrected chi connectivity index (χ2v) is 13.1. The molecule has 5 heteroatoms. The molecule has 1 aromatic rings. The van der Waals surface area contributed by atoms with Gasteiger partial charge in [-0.1, -0.05) is 32.8 Å². The van der Waals surface area contributed by atoms with Gasteiger partial charge < -0.3 is 18.6 Å². The Labute approximate surface area is 172 Å². The third-order valence-electron chi connectivity index (χ3n) is 5.44. The number of hydrogen-bond donors (Lipinski definition) is 0. The molecule has 0 aliphatic carbocycles. The zero-order valence-electron chi connectivity index (χ0n) is 18.8. The van der Waals surface area contributed by atoms with E-state index in [0.29, 0.717) is 17.2 Å². The summed E-state index contributed by atoms with van der Waals surface area (Å²) in [6, 6.07) is 1.99. The number of methoxy groups -OCH3 is 3. The molecule has 1 atom stereocenters. The Balaban J connectivity index is 3.61. The summed E-state index contributed by atoms with van der Waals surface area (Å²) in [4.78, 5) is 0. The van der Waals surface area contributed by atoms with Gasteiger partial charge in [-0.2, -0.15) is 0 Å². The van der Waals surface area contributed by atoms with Crippen LogP contribution in [-0.2, 0) is 10.8 Å². The smallest absolute Gasteiger partial charge is 0.203 e. The number of terminal acetylenes is 1. The van der Waals surface area contributed by atoms with Crippen molar-refractivity contribution >= 4 is 8.32 Å². The molecule has 0 fully saturated rings. The molecule has 0 radical (unpaired) electrons. The predicted octanol–water partition coefficient (Wildman–Crippen LogP) is 5.92. The number of unbranched alkanes of at least 4 members (excludes halogenated alkanes) is 1. The number of aryl methyl sites for hydroxylation is 1. The van der Waals surface area contributed by atoms with Crippen molar-refractivity contribution in [3.63, 3.8) is 0 Å². The van der Waals surface area contributed by atoms with E-state index in [0.717, 1.165) is 30.4 Å². The summed E-state index contributed by atoms with van der Waals surface area (Å²) in [6.07, 6.45) is 10.1. The predicted molar refractivity (Wildman–Crippen MR) is 119 cm³/mol. The van der Waals surface area contributed by atoms with E-state index in [1.807, 2.05) is 12.1 Å². The van der Waals surface area contributed by atoms with Crippen LogP contribution in [0, 0.1) is 12.3 Å². The van der Waals surface area contributed by atoms with Gasteiger partial charge in [0.25, 0.3) is 0 Å². The van der Waals surface area contributed by atoms with Crippen LogP contribution in [0.2, 0.25) is 18.1 Å². The molecule has 0 saturated heterocycles. The molecule has 156 valence electrons. The van der Waals surface area contributed by atoms with Crippen molar-refractivity contribution in [1.82, 2.24) is 0 Å². The lowest BCUT2D eigenvalue weighted by atomic mass is 9.96. The highest BCUT2D eigenvalue weighted by Crippen LogP contribution is 2.48. The summed E-state index contributed by atoms with van der Waals surface area (Å²) in [5.74, 6) is 4.60. The molecule has 0 spiro atoms. The second-order valence-electron chi connectivity index (χ2n) is 8.32. The van der Waals surface area contributed by atoms with Gasteiger partial charge in [0.2, 0.25) is 5.75 Å². The minimum atomic E-state index is -2.10. The molecule has 1 aromatic carbocycles. The third kappa shape index (κ3) is 5.33. The van der Waals surface area contributed by atoms with E-state index in [4.69, 9.17) is 25.1 Å². The fourth-order valence-electron chi connectivity index (χ4n) is 2.81. The molecular weight excluding hydrogens is 368 g/mol. The van der Waals surface area contributed by atoms with Crippen LogP contribution in [0.25, 0.3) is 0 Å². The number of rotatable bonds is 10. The Hall–Kier alpha value is -1.90. The fourth-order valence-corrected chi connectivity index (χ4v) is 3.94. The molecule has 0 N–H and O–H groups in total. The Morgan fingerprint density at radius 2 is 1.75 bits per heavy atom. The Bertz CT molecular complexity index is 711. The van der Waals surface area contributed by atoms with Crippen LogP contribution in [0.1, 0.15) is 50.8 Å². The van der Waals surface area contributed by atoms with Crippen LogP contribution < -0.4 is 14.2 Å².